The van der Waals surface area contributed by atoms with E-state index in [1.807, 2.05) is 0 Å². The molecule has 0 aliphatic heterocycles. The molecule has 0 heterocycles. The van der Waals surface area contributed by atoms with E-state index in [9.17, 15) is 31.1 Å². The number of allylic oxidation sites excluding steroid dienone is 1. The Kier molecular flexibility index (Phi) is 5.26. The van der Waals surface area contributed by atoms with E-state index in [0.717, 1.165) is 0 Å². The van der Waals surface area contributed by atoms with Gasteiger partial charge in [-0.05, 0) is 36.1 Å². The minimum Gasteiger partial charge on any atom is -0.481 e. The number of hydrogen-bond donors (Lipinski definition) is 1. The van der Waals surface area contributed by atoms with Crippen molar-refractivity contribution in [2.45, 2.75) is 31.1 Å². The van der Waals surface area contributed by atoms with Gasteiger partial charge < -0.3 is 5.11 Å². The Bertz CT molecular complexity index is 527. The quantitative estimate of drug-likeness (QED) is 0.620. The van der Waals surface area contributed by atoms with Crippen molar-refractivity contribution in [1.82, 2.24) is 0 Å². The lowest BCUT2D eigenvalue weighted by Gasteiger charge is -2.18. The lowest BCUT2D eigenvalue weighted by Crippen LogP contribution is -2.14. The first-order valence-corrected chi connectivity index (χ1v) is 6.07. The van der Waals surface area contributed by atoms with E-state index in [0.29, 0.717) is 12.1 Å². The Morgan fingerprint density at radius 1 is 1.09 bits per heavy atom. The molecule has 0 amide bonds. The van der Waals surface area contributed by atoms with Gasteiger partial charge in [-0.25, -0.2) is 0 Å². The molecule has 8 heteroatoms. The highest BCUT2D eigenvalue weighted by Crippen LogP contribution is 2.38. The highest BCUT2D eigenvalue weighted by molar-refractivity contribution is 5.68. The molecule has 1 unspecified atom stereocenters. The van der Waals surface area contributed by atoms with Crippen LogP contribution in [0.25, 0.3) is 0 Å². The zero-order valence-electron chi connectivity index (χ0n) is 11.1. The van der Waals surface area contributed by atoms with E-state index in [1.165, 1.54) is 6.08 Å². The van der Waals surface area contributed by atoms with Crippen LogP contribution in [0, 0.1) is 0 Å². The molecule has 2 nitrogen and oxygen atoms in total. The van der Waals surface area contributed by atoms with Crippen molar-refractivity contribution in [2.24, 2.45) is 0 Å². The number of carboxylic acids is 1. The first-order valence-electron chi connectivity index (χ1n) is 6.07. The Morgan fingerprint density at radius 2 is 1.55 bits per heavy atom. The first-order chi connectivity index (χ1) is 9.95. The number of rotatable bonds is 5. The van der Waals surface area contributed by atoms with Gasteiger partial charge in [0.2, 0.25) is 0 Å². The Hall–Kier alpha value is -1.99. The van der Waals surface area contributed by atoms with Crippen LogP contribution in [0.2, 0.25) is 0 Å². The summed E-state index contributed by atoms with van der Waals surface area (Å²) in [7, 11) is 0. The molecule has 0 aliphatic rings. The number of aliphatic carboxylic acids is 1. The third-order valence-corrected chi connectivity index (χ3v) is 2.95. The number of benzene rings is 1. The van der Waals surface area contributed by atoms with Crippen LogP contribution in [0.1, 0.15) is 35.4 Å². The lowest BCUT2D eigenvalue weighted by molar-refractivity contribution is -0.143. The molecule has 1 rings (SSSR count). The van der Waals surface area contributed by atoms with E-state index in [1.54, 1.807) is 0 Å². The minimum absolute atomic E-state index is 0.00916. The molecule has 122 valence electrons. The lowest BCUT2D eigenvalue weighted by atomic mass is 9.89. The summed E-state index contributed by atoms with van der Waals surface area (Å²) in [5.74, 6) is -2.34. The van der Waals surface area contributed by atoms with Crippen LogP contribution >= 0.6 is 0 Å². The van der Waals surface area contributed by atoms with Crippen LogP contribution in [-0.2, 0) is 17.1 Å². The van der Waals surface area contributed by atoms with Gasteiger partial charge in [-0.2, -0.15) is 26.3 Å². The predicted octanol–water partition coefficient (Wildman–Crippen LogP) is 4.86. The van der Waals surface area contributed by atoms with E-state index >= 15 is 0 Å². The maximum Gasteiger partial charge on any atom is 0.416 e. The topological polar surface area (TPSA) is 37.3 Å². The summed E-state index contributed by atoms with van der Waals surface area (Å²) >= 11 is 0. The van der Waals surface area contributed by atoms with E-state index in [4.69, 9.17) is 5.11 Å². The zero-order valence-corrected chi connectivity index (χ0v) is 11.1. The molecular weight excluding hydrogens is 314 g/mol. The smallest absolute Gasteiger partial charge is 0.416 e. The Balaban J connectivity index is 3.44. The van der Waals surface area contributed by atoms with Gasteiger partial charge in [0.1, 0.15) is 0 Å². The van der Waals surface area contributed by atoms with Crippen molar-refractivity contribution < 1.29 is 36.2 Å². The third-order valence-electron chi connectivity index (χ3n) is 2.95. The molecule has 1 N–H and O–H groups in total. The molecular formula is C14H12F6O2. The summed E-state index contributed by atoms with van der Waals surface area (Å²) in [4.78, 5) is 10.7. The fourth-order valence-corrected chi connectivity index (χ4v) is 1.96. The molecule has 0 aromatic heterocycles. The molecule has 22 heavy (non-hydrogen) atoms. The average Bonchev–Trinajstić information content (AvgIpc) is 2.35. The molecule has 0 saturated carbocycles. The summed E-state index contributed by atoms with van der Waals surface area (Å²) in [6.45, 7) is 3.34. The van der Waals surface area contributed by atoms with E-state index < -0.39 is 41.8 Å². The summed E-state index contributed by atoms with van der Waals surface area (Å²) in [5.41, 5.74) is -3.25. The van der Waals surface area contributed by atoms with Crippen molar-refractivity contribution in [2.75, 3.05) is 0 Å². The standard InChI is InChI=1S/C14H12F6O2/c1-2-3-8(6-12(21)22)9-4-10(13(15,16)17)7-11(5-9)14(18,19)20/h2,4-5,7-8H,1,3,6H2,(H,21,22). The van der Waals surface area contributed by atoms with Crippen LogP contribution in [0.5, 0.6) is 0 Å². The molecule has 0 bridgehead atoms. The maximum atomic E-state index is 12.7. The SMILES string of the molecule is C=CCC(CC(=O)O)c1cc(C(F)(F)F)cc(C(F)(F)F)c1. The van der Waals surface area contributed by atoms with Crippen LogP contribution < -0.4 is 0 Å². The molecule has 1 aromatic rings. The first kappa shape index (κ1) is 18.1. The number of halogens is 6. The molecule has 0 fully saturated rings. The molecule has 1 aromatic carbocycles. The van der Waals surface area contributed by atoms with Crippen molar-refractivity contribution >= 4 is 5.97 Å². The van der Waals surface area contributed by atoms with Gasteiger partial charge in [-0.15, -0.1) is 6.58 Å². The predicted molar refractivity (Wildman–Crippen MR) is 66.3 cm³/mol. The van der Waals surface area contributed by atoms with Gasteiger partial charge >= 0.3 is 18.3 Å². The summed E-state index contributed by atoms with van der Waals surface area (Å²) in [6.07, 6.45) is -9.31. The van der Waals surface area contributed by atoms with E-state index in [-0.39, 0.29) is 18.1 Å². The van der Waals surface area contributed by atoms with Crippen molar-refractivity contribution in [3.63, 3.8) is 0 Å². The molecule has 1 atom stereocenters. The second-order valence-electron chi connectivity index (χ2n) is 4.66. The van der Waals surface area contributed by atoms with Gasteiger partial charge in [-0.3, -0.25) is 4.79 Å². The molecule has 0 saturated heterocycles. The summed E-state index contributed by atoms with van der Waals surface area (Å²) in [6, 6.07) is 1.11. The van der Waals surface area contributed by atoms with Gasteiger partial charge in [0, 0.05) is 0 Å². The highest BCUT2D eigenvalue weighted by Gasteiger charge is 2.37. The number of alkyl halides is 6. The second kappa shape index (κ2) is 6.41. The summed E-state index contributed by atoms with van der Waals surface area (Å²) < 4.78 is 76.5. The Morgan fingerprint density at radius 3 is 1.86 bits per heavy atom. The summed E-state index contributed by atoms with van der Waals surface area (Å²) in [5, 5.41) is 8.75. The molecule has 0 spiro atoms. The largest absolute Gasteiger partial charge is 0.481 e. The fourth-order valence-electron chi connectivity index (χ4n) is 1.96. The van der Waals surface area contributed by atoms with Gasteiger partial charge in [0.05, 0.1) is 17.5 Å². The molecule has 0 radical (unpaired) electrons. The van der Waals surface area contributed by atoms with Gasteiger partial charge in [-0.1, -0.05) is 6.08 Å². The van der Waals surface area contributed by atoms with Crippen LogP contribution in [0.4, 0.5) is 26.3 Å². The number of hydrogen-bond acceptors (Lipinski definition) is 1. The van der Waals surface area contributed by atoms with E-state index in [2.05, 4.69) is 6.58 Å². The van der Waals surface area contributed by atoms with Crippen molar-refractivity contribution in [1.29, 1.82) is 0 Å². The Labute approximate surface area is 122 Å². The normalized spacial score (nSPS) is 13.7. The number of carboxylic acid groups (broad SMARTS) is 1. The third kappa shape index (κ3) is 4.78. The van der Waals surface area contributed by atoms with Crippen molar-refractivity contribution in [3.8, 4) is 0 Å². The van der Waals surface area contributed by atoms with Crippen LogP contribution in [0.3, 0.4) is 0 Å². The highest BCUT2D eigenvalue weighted by atomic mass is 19.4. The maximum absolute atomic E-state index is 12.7. The average molecular weight is 326 g/mol. The van der Waals surface area contributed by atoms with Gasteiger partial charge in [0.15, 0.2) is 0 Å². The van der Waals surface area contributed by atoms with Crippen molar-refractivity contribution in [3.05, 3.63) is 47.5 Å². The zero-order chi connectivity index (χ0) is 17.1. The molecule has 0 aliphatic carbocycles. The second-order valence-corrected chi connectivity index (χ2v) is 4.66. The number of carbonyl (C=O) groups is 1. The minimum atomic E-state index is -4.96. The van der Waals surface area contributed by atoms with Gasteiger partial charge in [0.25, 0.3) is 0 Å². The van der Waals surface area contributed by atoms with Crippen LogP contribution in [0.15, 0.2) is 30.9 Å². The fraction of sp³-hybridized carbons (Fsp3) is 0.357. The van der Waals surface area contributed by atoms with Crippen LogP contribution in [-0.4, -0.2) is 11.1 Å². The monoisotopic (exact) mass is 326 g/mol.